The number of amides is 2. The van der Waals surface area contributed by atoms with Gasteiger partial charge in [-0.05, 0) is 36.4 Å². The van der Waals surface area contributed by atoms with E-state index in [1.165, 1.54) is 11.3 Å². The van der Waals surface area contributed by atoms with Crippen molar-refractivity contribution in [1.82, 2.24) is 15.2 Å². The fourth-order valence-corrected chi connectivity index (χ4v) is 3.68. The molecule has 1 aliphatic heterocycles. The molecule has 0 saturated carbocycles. The minimum atomic E-state index is -0.449. The van der Waals surface area contributed by atoms with Crippen LogP contribution in [0.1, 0.15) is 6.42 Å². The van der Waals surface area contributed by atoms with E-state index in [0.29, 0.717) is 27.4 Å². The first-order valence-electron chi connectivity index (χ1n) is 8.22. The lowest BCUT2D eigenvalue weighted by Gasteiger charge is -2.16. The summed E-state index contributed by atoms with van der Waals surface area (Å²) in [7, 11) is 0. The molecule has 0 spiro atoms. The van der Waals surface area contributed by atoms with Crippen LogP contribution in [-0.4, -0.2) is 33.5 Å². The number of hydrogen-bond acceptors (Lipinski definition) is 6. The molecule has 1 unspecified atom stereocenters. The van der Waals surface area contributed by atoms with Gasteiger partial charge in [0.25, 0.3) is 0 Å². The highest BCUT2D eigenvalue weighted by atomic mass is 35.5. The number of anilines is 2. The summed E-state index contributed by atoms with van der Waals surface area (Å²) < 4.78 is 0. The zero-order valence-electron chi connectivity index (χ0n) is 14.0. The summed E-state index contributed by atoms with van der Waals surface area (Å²) in [4.78, 5) is 30.7. The predicted octanol–water partition coefficient (Wildman–Crippen LogP) is 3.25. The first-order valence-corrected chi connectivity index (χ1v) is 9.41. The molecule has 3 heterocycles. The van der Waals surface area contributed by atoms with Gasteiger partial charge in [-0.15, -0.1) is 10.2 Å². The summed E-state index contributed by atoms with van der Waals surface area (Å²) in [5, 5.41) is 12.4. The molecule has 136 valence electrons. The van der Waals surface area contributed by atoms with Crippen molar-refractivity contribution in [3.63, 3.8) is 0 Å². The Labute approximate surface area is 164 Å². The van der Waals surface area contributed by atoms with Crippen LogP contribution in [0.4, 0.5) is 10.8 Å². The molecule has 0 bridgehead atoms. The van der Waals surface area contributed by atoms with Crippen molar-refractivity contribution in [1.29, 1.82) is 0 Å². The SMILES string of the molecule is O=C(Nc1nnc(-c2ccccn2)s1)C1CC(=O)N(c2ccc(Cl)cc2)C1. The van der Waals surface area contributed by atoms with Crippen LogP contribution >= 0.6 is 22.9 Å². The number of hydrogen-bond donors (Lipinski definition) is 1. The molecule has 4 rings (SSSR count). The lowest BCUT2D eigenvalue weighted by Crippen LogP contribution is -2.28. The van der Waals surface area contributed by atoms with Crippen LogP contribution in [0.5, 0.6) is 0 Å². The monoisotopic (exact) mass is 399 g/mol. The first-order chi connectivity index (χ1) is 13.1. The summed E-state index contributed by atoms with van der Waals surface area (Å²) in [6.07, 6.45) is 1.82. The number of halogens is 1. The van der Waals surface area contributed by atoms with Crippen molar-refractivity contribution in [2.45, 2.75) is 6.42 Å². The van der Waals surface area contributed by atoms with Crippen molar-refractivity contribution < 1.29 is 9.59 Å². The third-order valence-electron chi connectivity index (χ3n) is 4.17. The molecular formula is C18H14ClN5O2S. The summed E-state index contributed by atoms with van der Waals surface area (Å²) in [6, 6.07) is 12.5. The van der Waals surface area contributed by atoms with Gasteiger partial charge in [0.15, 0.2) is 5.01 Å². The predicted molar refractivity (Wildman–Crippen MR) is 104 cm³/mol. The molecule has 7 nitrogen and oxygen atoms in total. The third-order valence-corrected chi connectivity index (χ3v) is 5.29. The Balaban J connectivity index is 1.43. The average molecular weight is 400 g/mol. The largest absolute Gasteiger partial charge is 0.312 e. The highest BCUT2D eigenvalue weighted by molar-refractivity contribution is 7.18. The van der Waals surface area contributed by atoms with Gasteiger partial charge in [-0.3, -0.25) is 14.6 Å². The maximum atomic E-state index is 12.5. The Morgan fingerprint density at radius 3 is 2.74 bits per heavy atom. The number of rotatable bonds is 4. The summed E-state index contributed by atoms with van der Waals surface area (Å²) in [5.74, 6) is -0.789. The maximum absolute atomic E-state index is 12.5. The molecule has 2 aromatic heterocycles. The van der Waals surface area contributed by atoms with Crippen molar-refractivity contribution in [2.24, 2.45) is 5.92 Å². The number of carbonyl (C=O) groups is 2. The Kier molecular flexibility index (Phi) is 4.83. The van der Waals surface area contributed by atoms with E-state index in [4.69, 9.17) is 11.6 Å². The maximum Gasteiger partial charge on any atom is 0.231 e. The minimum Gasteiger partial charge on any atom is -0.312 e. The number of aromatic nitrogens is 3. The number of nitrogens with one attached hydrogen (secondary N) is 1. The zero-order chi connectivity index (χ0) is 18.8. The summed E-state index contributed by atoms with van der Waals surface area (Å²) >= 11 is 7.13. The van der Waals surface area contributed by atoms with Crippen LogP contribution in [0.15, 0.2) is 48.7 Å². The van der Waals surface area contributed by atoms with Gasteiger partial charge in [-0.25, -0.2) is 0 Å². The summed E-state index contributed by atoms with van der Waals surface area (Å²) in [5.41, 5.74) is 1.42. The number of benzene rings is 1. The second-order valence-corrected chi connectivity index (χ2v) is 7.41. The van der Waals surface area contributed by atoms with E-state index in [9.17, 15) is 9.59 Å². The van der Waals surface area contributed by atoms with E-state index >= 15 is 0 Å². The van der Waals surface area contributed by atoms with E-state index in [-0.39, 0.29) is 18.2 Å². The van der Waals surface area contributed by atoms with E-state index in [1.807, 2.05) is 18.2 Å². The quantitative estimate of drug-likeness (QED) is 0.727. The lowest BCUT2D eigenvalue weighted by molar-refractivity contribution is -0.122. The topological polar surface area (TPSA) is 88.1 Å². The zero-order valence-corrected chi connectivity index (χ0v) is 15.6. The van der Waals surface area contributed by atoms with Crippen LogP contribution in [0.2, 0.25) is 5.02 Å². The van der Waals surface area contributed by atoms with Crippen molar-refractivity contribution in [3.8, 4) is 10.7 Å². The highest BCUT2D eigenvalue weighted by Gasteiger charge is 2.35. The standard InChI is InChI=1S/C18H14ClN5O2S/c19-12-4-6-13(7-5-12)24-10-11(9-15(24)25)16(26)21-18-23-22-17(27-18)14-3-1-2-8-20-14/h1-8,11H,9-10H2,(H,21,23,26). The molecule has 1 saturated heterocycles. The van der Waals surface area contributed by atoms with Crippen LogP contribution in [0, 0.1) is 5.92 Å². The Morgan fingerprint density at radius 2 is 2.00 bits per heavy atom. The summed E-state index contributed by atoms with van der Waals surface area (Å²) in [6.45, 7) is 0.318. The van der Waals surface area contributed by atoms with Crippen LogP contribution in [0.3, 0.4) is 0 Å². The fourth-order valence-electron chi connectivity index (χ4n) is 2.83. The number of nitrogens with zero attached hydrogens (tertiary/aromatic N) is 4. The number of pyridine rings is 1. The van der Waals surface area contributed by atoms with Gasteiger partial charge in [0.1, 0.15) is 5.69 Å². The normalized spacial score (nSPS) is 16.6. The van der Waals surface area contributed by atoms with Crippen LogP contribution in [0.25, 0.3) is 10.7 Å². The Hall–Kier alpha value is -2.84. The molecule has 2 amide bonds. The van der Waals surface area contributed by atoms with Crippen molar-refractivity contribution >= 4 is 45.6 Å². The van der Waals surface area contributed by atoms with Gasteiger partial charge in [-0.1, -0.05) is 29.0 Å². The molecule has 1 atom stereocenters. The smallest absolute Gasteiger partial charge is 0.231 e. The van der Waals surface area contributed by atoms with Gasteiger partial charge < -0.3 is 10.2 Å². The van der Waals surface area contributed by atoms with E-state index in [2.05, 4.69) is 20.5 Å². The Bertz CT molecular complexity index is 977. The molecule has 27 heavy (non-hydrogen) atoms. The molecule has 3 aromatic rings. The van der Waals surface area contributed by atoms with Gasteiger partial charge in [-0.2, -0.15) is 0 Å². The Morgan fingerprint density at radius 1 is 1.19 bits per heavy atom. The van der Waals surface area contributed by atoms with Gasteiger partial charge in [0.2, 0.25) is 16.9 Å². The second-order valence-electron chi connectivity index (χ2n) is 6.00. The highest BCUT2D eigenvalue weighted by Crippen LogP contribution is 2.28. The lowest BCUT2D eigenvalue weighted by atomic mass is 10.1. The fraction of sp³-hybridized carbons (Fsp3) is 0.167. The van der Waals surface area contributed by atoms with Crippen molar-refractivity contribution in [3.05, 3.63) is 53.7 Å². The van der Waals surface area contributed by atoms with Crippen molar-refractivity contribution in [2.75, 3.05) is 16.8 Å². The minimum absolute atomic E-state index is 0.0936. The molecule has 1 N–H and O–H groups in total. The first kappa shape index (κ1) is 17.6. The van der Waals surface area contributed by atoms with E-state index in [1.54, 1.807) is 35.4 Å². The van der Waals surface area contributed by atoms with Gasteiger partial charge in [0.05, 0.1) is 5.92 Å². The second kappa shape index (κ2) is 7.42. The van der Waals surface area contributed by atoms with E-state index in [0.717, 1.165) is 5.69 Å². The van der Waals surface area contributed by atoms with E-state index < -0.39 is 5.92 Å². The average Bonchev–Trinajstić information content (AvgIpc) is 3.30. The molecule has 1 aliphatic rings. The molecule has 1 fully saturated rings. The van der Waals surface area contributed by atoms with Crippen LogP contribution < -0.4 is 10.2 Å². The molecular weight excluding hydrogens is 386 g/mol. The van der Waals surface area contributed by atoms with Gasteiger partial charge in [0, 0.05) is 29.9 Å². The third kappa shape index (κ3) is 3.81. The van der Waals surface area contributed by atoms with Crippen LogP contribution in [-0.2, 0) is 9.59 Å². The number of carbonyl (C=O) groups excluding carboxylic acids is 2. The molecule has 9 heteroatoms. The molecule has 0 aliphatic carbocycles. The molecule has 0 radical (unpaired) electrons. The molecule has 1 aromatic carbocycles. The van der Waals surface area contributed by atoms with Gasteiger partial charge >= 0.3 is 0 Å².